The van der Waals surface area contributed by atoms with Gasteiger partial charge >= 0.3 is 6.03 Å². The van der Waals surface area contributed by atoms with E-state index in [-0.39, 0.29) is 24.3 Å². The molecule has 1 fully saturated rings. The summed E-state index contributed by atoms with van der Waals surface area (Å²) in [4.78, 5) is 31.9. The molecule has 0 atom stereocenters. The van der Waals surface area contributed by atoms with Gasteiger partial charge in [-0.3, -0.25) is 14.7 Å². The number of rotatable bonds is 4. The number of nitrogens with zero attached hydrogens (tertiary/aromatic N) is 3. The first-order valence-electron chi connectivity index (χ1n) is 8.34. The lowest BCUT2D eigenvalue weighted by atomic mass is 10.3. The Hall–Kier alpha value is -3.00. The summed E-state index contributed by atoms with van der Waals surface area (Å²) in [5.74, 6) is -0.504. The minimum Gasteiger partial charge on any atom is -0.325 e. The lowest BCUT2D eigenvalue weighted by molar-refractivity contribution is -0.117. The lowest BCUT2D eigenvalue weighted by Gasteiger charge is -2.34. The molecule has 1 aliphatic rings. The number of pyridine rings is 1. The summed E-state index contributed by atoms with van der Waals surface area (Å²) in [7, 11) is 0. The number of nitrogens with one attached hydrogen (secondary N) is 2. The summed E-state index contributed by atoms with van der Waals surface area (Å²) in [6.45, 7) is 2.54. The Labute approximate surface area is 150 Å². The maximum absolute atomic E-state index is 12.9. The van der Waals surface area contributed by atoms with Crippen LogP contribution >= 0.6 is 0 Å². The number of carbonyl (C=O) groups is 2. The second-order valence-electron chi connectivity index (χ2n) is 5.98. The number of anilines is 2. The molecule has 8 heteroatoms. The summed E-state index contributed by atoms with van der Waals surface area (Å²) >= 11 is 0. The van der Waals surface area contributed by atoms with E-state index in [2.05, 4.69) is 15.6 Å². The molecule has 3 amide bonds. The van der Waals surface area contributed by atoms with Crippen molar-refractivity contribution in [1.29, 1.82) is 0 Å². The van der Waals surface area contributed by atoms with E-state index in [9.17, 15) is 14.0 Å². The largest absolute Gasteiger partial charge is 0.325 e. The minimum absolute atomic E-state index is 0.161. The maximum atomic E-state index is 12.9. The first-order chi connectivity index (χ1) is 12.6. The highest BCUT2D eigenvalue weighted by atomic mass is 19.1. The Morgan fingerprint density at radius 3 is 2.19 bits per heavy atom. The fourth-order valence-corrected chi connectivity index (χ4v) is 2.68. The average molecular weight is 357 g/mol. The molecule has 0 bridgehead atoms. The molecule has 0 aliphatic carbocycles. The molecule has 2 heterocycles. The number of amides is 3. The van der Waals surface area contributed by atoms with Crippen molar-refractivity contribution < 1.29 is 14.0 Å². The van der Waals surface area contributed by atoms with E-state index in [1.807, 2.05) is 4.90 Å². The van der Waals surface area contributed by atoms with E-state index in [1.54, 1.807) is 29.4 Å². The normalized spacial score (nSPS) is 14.7. The maximum Gasteiger partial charge on any atom is 0.321 e. The zero-order valence-electron chi connectivity index (χ0n) is 14.2. The van der Waals surface area contributed by atoms with Crippen molar-refractivity contribution >= 4 is 23.3 Å². The SMILES string of the molecule is O=C(CN1CCN(C(=O)Nc2ccncc2)CC1)Nc1ccc(F)cc1. The smallest absolute Gasteiger partial charge is 0.321 e. The molecule has 136 valence electrons. The zero-order valence-corrected chi connectivity index (χ0v) is 14.2. The molecule has 1 aromatic carbocycles. The molecular weight excluding hydrogens is 337 g/mol. The molecule has 0 radical (unpaired) electrons. The van der Waals surface area contributed by atoms with Gasteiger partial charge in [0.15, 0.2) is 0 Å². The number of aromatic nitrogens is 1. The molecular formula is C18H20FN5O2. The summed E-state index contributed by atoms with van der Waals surface area (Å²) < 4.78 is 12.9. The second-order valence-corrected chi connectivity index (χ2v) is 5.98. The van der Waals surface area contributed by atoms with Crippen LogP contribution in [0, 0.1) is 5.82 Å². The standard InChI is InChI=1S/C18H20FN5O2/c19-14-1-3-15(4-2-14)21-17(25)13-23-9-11-24(12-10-23)18(26)22-16-5-7-20-8-6-16/h1-8H,9-13H2,(H,21,25)(H,20,22,26). The van der Waals surface area contributed by atoms with Crippen LogP contribution in [0.3, 0.4) is 0 Å². The summed E-state index contributed by atoms with van der Waals surface area (Å²) in [6, 6.07) is 8.95. The van der Waals surface area contributed by atoms with Crippen LogP contribution in [-0.2, 0) is 4.79 Å². The van der Waals surface area contributed by atoms with Crippen LogP contribution in [0.15, 0.2) is 48.8 Å². The van der Waals surface area contributed by atoms with E-state index in [0.717, 1.165) is 0 Å². The van der Waals surface area contributed by atoms with Crippen molar-refractivity contribution in [1.82, 2.24) is 14.8 Å². The Kier molecular flexibility index (Phi) is 5.75. The highest BCUT2D eigenvalue weighted by molar-refractivity contribution is 5.92. The topological polar surface area (TPSA) is 77.6 Å². The third kappa shape index (κ3) is 5.00. The van der Waals surface area contributed by atoms with E-state index < -0.39 is 0 Å². The van der Waals surface area contributed by atoms with E-state index in [1.165, 1.54) is 24.3 Å². The molecule has 7 nitrogen and oxygen atoms in total. The first kappa shape index (κ1) is 17.8. The Bertz CT molecular complexity index is 746. The molecule has 2 aromatic rings. The number of hydrogen-bond donors (Lipinski definition) is 2. The lowest BCUT2D eigenvalue weighted by Crippen LogP contribution is -2.51. The van der Waals surface area contributed by atoms with Gasteiger partial charge in [-0.15, -0.1) is 0 Å². The Morgan fingerprint density at radius 1 is 0.923 bits per heavy atom. The summed E-state index contributed by atoms with van der Waals surface area (Å²) in [5.41, 5.74) is 1.26. The third-order valence-corrected chi connectivity index (χ3v) is 4.09. The predicted molar refractivity (Wildman–Crippen MR) is 96.3 cm³/mol. The van der Waals surface area contributed by atoms with Crippen LogP contribution in [-0.4, -0.2) is 59.4 Å². The van der Waals surface area contributed by atoms with Gasteiger partial charge in [0.25, 0.3) is 0 Å². The third-order valence-electron chi connectivity index (χ3n) is 4.09. The fourth-order valence-electron chi connectivity index (χ4n) is 2.68. The fraction of sp³-hybridized carbons (Fsp3) is 0.278. The molecule has 3 rings (SSSR count). The van der Waals surface area contributed by atoms with Gasteiger partial charge in [0.1, 0.15) is 5.82 Å². The second kappa shape index (κ2) is 8.39. The van der Waals surface area contributed by atoms with Gasteiger partial charge < -0.3 is 15.5 Å². The number of hydrogen-bond acceptors (Lipinski definition) is 4. The number of carbonyl (C=O) groups excluding carboxylic acids is 2. The predicted octanol–water partition coefficient (Wildman–Crippen LogP) is 2.01. The number of urea groups is 1. The highest BCUT2D eigenvalue weighted by Crippen LogP contribution is 2.10. The van der Waals surface area contributed by atoms with E-state index >= 15 is 0 Å². The Morgan fingerprint density at radius 2 is 1.54 bits per heavy atom. The van der Waals surface area contributed by atoms with Gasteiger partial charge in [0.2, 0.25) is 5.91 Å². The van der Waals surface area contributed by atoms with Gasteiger partial charge in [-0.05, 0) is 36.4 Å². The molecule has 0 saturated carbocycles. The van der Waals surface area contributed by atoms with Crippen molar-refractivity contribution in [3.05, 3.63) is 54.6 Å². The molecule has 1 aliphatic heterocycles. The van der Waals surface area contributed by atoms with E-state index in [4.69, 9.17) is 0 Å². The van der Waals surface area contributed by atoms with Crippen LogP contribution in [0.4, 0.5) is 20.6 Å². The molecule has 0 unspecified atom stereocenters. The van der Waals surface area contributed by atoms with Crippen LogP contribution < -0.4 is 10.6 Å². The molecule has 1 saturated heterocycles. The number of halogens is 1. The van der Waals surface area contributed by atoms with Crippen molar-refractivity contribution in [2.75, 3.05) is 43.4 Å². The van der Waals surface area contributed by atoms with E-state index in [0.29, 0.717) is 37.6 Å². The van der Waals surface area contributed by atoms with Gasteiger partial charge in [-0.2, -0.15) is 0 Å². The number of piperazine rings is 1. The zero-order chi connectivity index (χ0) is 18.4. The van der Waals surface area contributed by atoms with Crippen LogP contribution in [0.5, 0.6) is 0 Å². The quantitative estimate of drug-likeness (QED) is 0.878. The number of benzene rings is 1. The highest BCUT2D eigenvalue weighted by Gasteiger charge is 2.22. The van der Waals surface area contributed by atoms with Gasteiger partial charge in [-0.1, -0.05) is 0 Å². The van der Waals surface area contributed by atoms with Gasteiger partial charge in [0.05, 0.1) is 6.54 Å². The monoisotopic (exact) mass is 357 g/mol. The minimum atomic E-state index is -0.343. The van der Waals surface area contributed by atoms with Crippen LogP contribution in [0.2, 0.25) is 0 Å². The molecule has 2 N–H and O–H groups in total. The van der Waals surface area contributed by atoms with Crippen molar-refractivity contribution in [3.8, 4) is 0 Å². The molecule has 1 aromatic heterocycles. The van der Waals surface area contributed by atoms with Gasteiger partial charge in [-0.25, -0.2) is 9.18 Å². The van der Waals surface area contributed by atoms with Crippen molar-refractivity contribution in [3.63, 3.8) is 0 Å². The molecule has 26 heavy (non-hydrogen) atoms. The Balaban J connectivity index is 1.42. The molecule has 0 spiro atoms. The first-order valence-corrected chi connectivity index (χ1v) is 8.34. The van der Waals surface area contributed by atoms with Crippen LogP contribution in [0.25, 0.3) is 0 Å². The van der Waals surface area contributed by atoms with Crippen molar-refractivity contribution in [2.45, 2.75) is 0 Å². The average Bonchev–Trinajstić information content (AvgIpc) is 2.65. The van der Waals surface area contributed by atoms with Crippen LogP contribution in [0.1, 0.15) is 0 Å². The summed E-state index contributed by atoms with van der Waals surface area (Å²) in [5, 5.41) is 5.56. The van der Waals surface area contributed by atoms with Crippen molar-refractivity contribution in [2.24, 2.45) is 0 Å². The van der Waals surface area contributed by atoms with Gasteiger partial charge in [0, 0.05) is 49.9 Å². The summed E-state index contributed by atoms with van der Waals surface area (Å²) in [6.07, 6.45) is 3.24.